The van der Waals surface area contributed by atoms with Gasteiger partial charge in [-0.1, -0.05) is 48.0 Å². The first-order valence-electron chi connectivity index (χ1n) is 7.45. The van der Waals surface area contributed by atoms with Crippen LogP contribution >= 0.6 is 0 Å². The Bertz CT molecular complexity index is 737. The molecule has 2 rings (SSSR count). The fraction of sp³-hybridized carbons (Fsp3) is 0.333. The van der Waals surface area contributed by atoms with Crippen molar-refractivity contribution in [3.63, 3.8) is 0 Å². The Kier molecular flexibility index (Phi) is 5.04. The Morgan fingerprint density at radius 3 is 2.18 bits per heavy atom. The van der Waals surface area contributed by atoms with E-state index in [0.29, 0.717) is 11.4 Å². The van der Waals surface area contributed by atoms with E-state index in [9.17, 15) is 8.42 Å². The number of nitrogens with zero attached hydrogens (tertiary/aromatic N) is 1. The van der Waals surface area contributed by atoms with Crippen LogP contribution in [0.4, 0.5) is 0 Å². The summed E-state index contributed by atoms with van der Waals surface area (Å²) >= 11 is 0. The Labute approximate surface area is 133 Å². The Hall–Kier alpha value is -1.65. The third-order valence-electron chi connectivity index (χ3n) is 3.67. The van der Waals surface area contributed by atoms with E-state index in [4.69, 9.17) is 0 Å². The lowest BCUT2D eigenvalue weighted by atomic mass is 10.2. The molecule has 0 atom stereocenters. The lowest BCUT2D eigenvalue weighted by Crippen LogP contribution is -2.36. The van der Waals surface area contributed by atoms with Crippen LogP contribution in [0.5, 0.6) is 0 Å². The Balaban J connectivity index is 2.42. The van der Waals surface area contributed by atoms with E-state index in [2.05, 4.69) is 0 Å². The summed E-state index contributed by atoms with van der Waals surface area (Å²) in [6.07, 6.45) is 0. The highest BCUT2D eigenvalue weighted by Gasteiger charge is 2.28. The van der Waals surface area contributed by atoms with Crippen LogP contribution in [0.25, 0.3) is 0 Å². The fourth-order valence-electron chi connectivity index (χ4n) is 2.52. The average Bonchev–Trinajstić information content (AvgIpc) is 2.45. The number of hydrogen-bond acceptors (Lipinski definition) is 2. The van der Waals surface area contributed by atoms with Crippen LogP contribution in [0.15, 0.2) is 53.4 Å². The van der Waals surface area contributed by atoms with Crippen molar-refractivity contribution in [2.45, 2.75) is 45.2 Å². The zero-order valence-electron chi connectivity index (χ0n) is 13.6. The minimum atomic E-state index is -3.51. The molecule has 2 aromatic carbocycles. The monoisotopic (exact) mass is 317 g/mol. The number of hydrogen-bond donors (Lipinski definition) is 0. The van der Waals surface area contributed by atoms with Crippen molar-refractivity contribution in [2.24, 2.45) is 0 Å². The molecule has 0 fully saturated rings. The van der Waals surface area contributed by atoms with Crippen molar-refractivity contribution in [2.75, 3.05) is 0 Å². The topological polar surface area (TPSA) is 37.4 Å². The molecule has 4 heteroatoms. The molecule has 0 bridgehead atoms. The summed E-state index contributed by atoms with van der Waals surface area (Å²) in [7, 11) is -3.51. The van der Waals surface area contributed by atoms with E-state index in [0.717, 1.165) is 16.7 Å². The van der Waals surface area contributed by atoms with Gasteiger partial charge in [-0.3, -0.25) is 0 Å². The smallest absolute Gasteiger partial charge is 0.207 e. The number of sulfonamides is 1. The second-order valence-corrected chi connectivity index (χ2v) is 7.76. The predicted octanol–water partition coefficient (Wildman–Crippen LogP) is 3.90. The second-order valence-electron chi connectivity index (χ2n) is 5.90. The molecule has 0 saturated carbocycles. The molecule has 0 heterocycles. The fourth-order valence-corrected chi connectivity index (χ4v) is 4.36. The maximum absolute atomic E-state index is 13.0. The molecule has 22 heavy (non-hydrogen) atoms. The van der Waals surface area contributed by atoms with E-state index in [-0.39, 0.29) is 6.04 Å². The summed E-state index contributed by atoms with van der Waals surface area (Å²) in [5.74, 6) is 0. The van der Waals surface area contributed by atoms with E-state index < -0.39 is 10.0 Å². The van der Waals surface area contributed by atoms with Gasteiger partial charge in [0, 0.05) is 12.6 Å². The van der Waals surface area contributed by atoms with Crippen molar-refractivity contribution in [3.05, 3.63) is 65.2 Å². The standard InChI is InChI=1S/C18H23NO2S/c1-14(2)19(13-17-8-6-5-7-9-17)22(20,21)18-11-10-15(3)12-16(18)4/h5-12,14H,13H2,1-4H3. The van der Waals surface area contributed by atoms with E-state index in [1.807, 2.05) is 70.2 Å². The highest BCUT2D eigenvalue weighted by molar-refractivity contribution is 7.89. The van der Waals surface area contributed by atoms with Crippen LogP contribution in [-0.4, -0.2) is 18.8 Å². The van der Waals surface area contributed by atoms with Gasteiger partial charge in [0.25, 0.3) is 0 Å². The minimum Gasteiger partial charge on any atom is -0.207 e. The van der Waals surface area contributed by atoms with Crippen LogP contribution in [0.2, 0.25) is 0 Å². The predicted molar refractivity (Wildman–Crippen MR) is 90.2 cm³/mol. The molecule has 0 amide bonds. The van der Waals surface area contributed by atoms with Gasteiger partial charge < -0.3 is 0 Å². The van der Waals surface area contributed by atoms with Crippen LogP contribution in [0, 0.1) is 13.8 Å². The summed E-state index contributed by atoms with van der Waals surface area (Å²) in [6.45, 7) is 8.01. The van der Waals surface area contributed by atoms with Crippen molar-refractivity contribution in [3.8, 4) is 0 Å². The molecule has 0 aliphatic rings. The molecule has 0 aliphatic carbocycles. The van der Waals surface area contributed by atoms with Gasteiger partial charge in [-0.15, -0.1) is 0 Å². The number of benzene rings is 2. The molecular formula is C18H23NO2S. The largest absolute Gasteiger partial charge is 0.243 e. The SMILES string of the molecule is Cc1ccc(S(=O)(=O)N(Cc2ccccc2)C(C)C)c(C)c1. The van der Waals surface area contributed by atoms with Gasteiger partial charge in [-0.25, -0.2) is 8.42 Å². The first-order valence-corrected chi connectivity index (χ1v) is 8.89. The third kappa shape index (κ3) is 3.57. The van der Waals surface area contributed by atoms with Gasteiger partial charge in [0.1, 0.15) is 0 Å². The highest BCUT2D eigenvalue weighted by Crippen LogP contribution is 2.24. The molecule has 0 radical (unpaired) electrons. The molecule has 2 aromatic rings. The zero-order chi connectivity index (χ0) is 16.3. The number of rotatable bonds is 5. The second kappa shape index (κ2) is 6.63. The minimum absolute atomic E-state index is 0.106. The van der Waals surface area contributed by atoms with Crippen LogP contribution in [-0.2, 0) is 16.6 Å². The lowest BCUT2D eigenvalue weighted by molar-refractivity contribution is 0.348. The number of aryl methyl sites for hydroxylation is 2. The Morgan fingerprint density at radius 2 is 1.64 bits per heavy atom. The van der Waals surface area contributed by atoms with Gasteiger partial charge in [-0.2, -0.15) is 4.31 Å². The van der Waals surface area contributed by atoms with Crippen LogP contribution in [0.1, 0.15) is 30.5 Å². The molecule has 0 saturated heterocycles. The van der Waals surface area contributed by atoms with E-state index >= 15 is 0 Å². The molecule has 0 N–H and O–H groups in total. The molecule has 0 unspecified atom stereocenters. The molecule has 118 valence electrons. The summed E-state index contributed by atoms with van der Waals surface area (Å²) in [4.78, 5) is 0.391. The van der Waals surface area contributed by atoms with Crippen molar-refractivity contribution < 1.29 is 8.42 Å². The van der Waals surface area contributed by atoms with Crippen molar-refractivity contribution in [1.82, 2.24) is 4.31 Å². The summed E-state index contributed by atoms with van der Waals surface area (Å²) in [5, 5.41) is 0. The molecular weight excluding hydrogens is 294 g/mol. The quantitative estimate of drug-likeness (QED) is 0.838. The highest BCUT2D eigenvalue weighted by atomic mass is 32.2. The first-order chi connectivity index (χ1) is 10.3. The van der Waals surface area contributed by atoms with Crippen molar-refractivity contribution >= 4 is 10.0 Å². The normalized spacial score (nSPS) is 12.1. The zero-order valence-corrected chi connectivity index (χ0v) is 14.4. The maximum Gasteiger partial charge on any atom is 0.243 e. The van der Waals surface area contributed by atoms with E-state index in [1.165, 1.54) is 0 Å². The van der Waals surface area contributed by atoms with Gasteiger partial charge in [0.05, 0.1) is 4.90 Å². The maximum atomic E-state index is 13.0. The van der Waals surface area contributed by atoms with E-state index in [1.54, 1.807) is 10.4 Å². The summed E-state index contributed by atoms with van der Waals surface area (Å²) < 4.78 is 27.6. The van der Waals surface area contributed by atoms with Crippen LogP contribution < -0.4 is 0 Å². The molecule has 3 nitrogen and oxygen atoms in total. The molecule has 0 spiro atoms. The molecule has 0 aromatic heterocycles. The Morgan fingerprint density at radius 1 is 1.00 bits per heavy atom. The van der Waals surface area contributed by atoms with Crippen molar-refractivity contribution in [1.29, 1.82) is 0 Å². The summed E-state index contributed by atoms with van der Waals surface area (Å²) in [5.41, 5.74) is 2.85. The third-order valence-corrected chi connectivity index (χ3v) is 5.86. The van der Waals surface area contributed by atoms with Gasteiger partial charge in [0.2, 0.25) is 10.0 Å². The lowest BCUT2D eigenvalue weighted by Gasteiger charge is -2.27. The summed E-state index contributed by atoms with van der Waals surface area (Å²) in [6, 6.07) is 15.1. The first kappa shape index (κ1) is 16.7. The molecule has 0 aliphatic heterocycles. The van der Waals surface area contributed by atoms with Gasteiger partial charge >= 0.3 is 0 Å². The van der Waals surface area contributed by atoms with Gasteiger partial charge in [-0.05, 0) is 44.9 Å². The average molecular weight is 317 g/mol. The van der Waals surface area contributed by atoms with Gasteiger partial charge in [0.15, 0.2) is 0 Å². The van der Waals surface area contributed by atoms with Crippen LogP contribution in [0.3, 0.4) is 0 Å².